The van der Waals surface area contributed by atoms with Crippen LogP contribution in [0.25, 0.3) is 0 Å². The van der Waals surface area contributed by atoms with Gasteiger partial charge >= 0.3 is 6.18 Å². The molecular weight excluding hydrogens is 391 g/mol. The molecule has 0 bridgehead atoms. The van der Waals surface area contributed by atoms with Crippen molar-refractivity contribution >= 4 is 11.9 Å². The number of amides is 1. The summed E-state index contributed by atoms with van der Waals surface area (Å²) in [6, 6.07) is 3.18. The van der Waals surface area contributed by atoms with E-state index < -0.39 is 29.8 Å². The van der Waals surface area contributed by atoms with Crippen LogP contribution in [0.2, 0.25) is 0 Å². The average Bonchev–Trinajstić information content (AvgIpc) is 2.69. The summed E-state index contributed by atoms with van der Waals surface area (Å²) in [5.74, 6) is 0.520. The Labute approximate surface area is 164 Å². The molecule has 0 unspecified atom stereocenters. The number of carbonyl (C=O) groups excluding carboxylic acids is 1. The number of hydrogen-bond donors (Lipinski definition) is 0. The van der Waals surface area contributed by atoms with Crippen LogP contribution < -0.4 is 15.2 Å². The van der Waals surface area contributed by atoms with Gasteiger partial charge in [-0.2, -0.15) is 18.2 Å². The van der Waals surface area contributed by atoms with Crippen molar-refractivity contribution in [2.24, 2.45) is 0 Å². The summed E-state index contributed by atoms with van der Waals surface area (Å²) in [6.07, 6.45) is -2.32. The van der Waals surface area contributed by atoms with Crippen molar-refractivity contribution in [3.8, 4) is 5.88 Å². The molecule has 1 amide bonds. The molecule has 0 aliphatic carbocycles. The van der Waals surface area contributed by atoms with E-state index in [1.54, 1.807) is 12.3 Å². The van der Waals surface area contributed by atoms with Gasteiger partial charge in [-0.05, 0) is 13.0 Å². The van der Waals surface area contributed by atoms with Crippen molar-refractivity contribution in [3.05, 3.63) is 46.5 Å². The van der Waals surface area contributed by atoms with Crippen molar-refractivity contribution in [2.75, 3.05) is 37.7 Å². The predicted molar refractivity (Wildman–Crippen MR) is 97.7 cm³/mol. The highest BCUT2D eigenvalue weighted by molar-refractivity contribution is 5.76. The Morgan fingerprint density at radius 3 is 2.55 bits per heavy atom. The van der Waals surface area contributed by atoms with E-state index in [9.17, 15) is 22.8 Å². The molecule has 11 heteroatoms. The molecule has 0 N–H and O–H groups in total. The van der Waals surface area contributed by atoms with Gasteiger partial charge < -0.3 is 19.1 Å². The Balaban J connectivity index is 1.62. The molecule has 3 rings (SSSR count). The molecule has 8 nitrogen and oxygen atoms in total. The molecule has 0 aromatic carbocycles. The zero-order chi connectivity index (χ0) is 21.0. The molecule has 0 spiro atoms. The molecule has 29 heavy (non-hydrogen) atoms. The van der Waals surface area contributed by atoms with Crippen molar-refractivity contribution in [3.63, 3.8) is 0 Å². The van der Waals surface area contributed by atoms with E-state index in [0.717, 1.165) is 10.6 Å². The van der Waals surface area contributed by atoms with Crippen LogP contribution in [0.15, 0.2) is 35.4 Å². The lowest BCUT2D eigenvalue weighted by molar-refractivity contribution is -0.138. The molecule has 1 fully saturated rings. The summed E-state index contributed by atoms with van der Waals surface area (Å²) >= 11 is 0. The normalized spacial score (nSPS) is 14.8. The highest BCUT2D eigenvalue weighted by Gasteiger charge is 2.31. The third-order valence-corrected chi connectivity index (χ3v) is 4.44. The largest absolute Gasteiger partial charge is 0.478 e. The Morgan fingerprint density at radius 2 is 1.90 bits per heavy atom. The fourth-order valence-electron chi connectivity index (χ4n) is 2.94. The highest BCUT2D eigenvalue weighted by atomic mass is 19.4. The molecule has 3 heterocycles. The van der Waals surface area contributed by atoms with Crippen LogP contribution in [0.1, 0.15) is 12.5 Å². The number of rotatable bonds is 5. The molecule has 0 radical (unpaired) electrons. The first-order valence-corrected chi connectivity index (χ1v) is 9.04. The Kier molecular flexibility index (Phi) is 6.04. The van der Waals surface area contributed by atoms with E-state index in [1.165, 1.54) is 4.90 Å². The number of anilines is 1. The lowest BCUT2D eigenvalue weighted by Gasteiger charge is -2.34. The Morgan fingerprint density at radius 1 is 1.17 bits per heavy atom. The maximum Gasteiger partial charge on any atom is 0.417 e. The zero-order valence-corrected chi connectivity index (χ0v) is 15.7. The molecule has 2 aromatic heterocycles. The highest BCUT2D eigenvalue weighted by Crippen LogP contribution is 2.28. The topological polar surface area (TPSA) is 80.6 Å². The molecule has 156 valence electrons. The van der Waals surface area contributed by atoms with Crippen molar-refractivity contribution in [1.82, 2.24) is 19.4 Å². The minimum Gasteiger partial charge on any atom is -0.478 e. The maximum absolute atomic E-state index is 12.8. The van der Waals surface area contributed by atoms with Crippen molar-refractivity contribution in [1.29, 1.82) is 0 Å². The van der Waals surface area contributed by atoms with Crippen LogP contribution >= 0.6 is 0 Å². The summed E-state index contributed by atoms with van der Waals surface area (Å²) < 4.78 is 44.6. The zero-order valence-electron chi connectivity index (χ0n) is 15.7. The average molecular weight is 411 g/mol. The third-order valence-electron chi connectivity index (χ3n) is 4.44. The molecule has 0 atom stereocenters. The van der Waals surface area contributed by atoms with Crippen molar-refractivity contribution < 1.29 is 22.7 Å². The predicted octanol–water partition coefficient (Wildman–Crippen LogP) is 1.40. The first kappa shape index (κ1) is 20.6. The molecule has 0 saturated carbocycles. The minimum absolute atomic E-state index is 0.342. The third kappa shape index (κ3) is 5.04. The smallest absolute Gasteiger partial charge is 0.417 e. The molecular formula is C18H20F3N5O3. The van der Waals surface area contributed by atoms with Crippen LogP contribution in [0.5, 0.6) is 5.88 Å². The standard InChI is InChI=1S/C18H20F3N5O3/c1-2-29-14-5-6-22-17(23-14)25-9-7-24(8-10-25)16(28)12-26-11-13(18(19,20)21)3-4-15(26)27/h3-6,11H,2,7-10,12H2,1H3. The number of piperazine rings is 1. The monoisotopic (exact) mass is 411 g/mol. The Bertz CT molecular complexity index is 923. The summed E-state index contributed by atoms with van der Waals surface area (Å²) in [7, 11) is 0. The molecule has 2 aromatic rings. The summed E-state index contributed by atoms with van der Waals surface area (Å²) in [5, 5.41) is 0. The van der Waals surface area contributed by atoms with E-state index >= 15 is 0 Å². The van der Waals surface area contributed by atoms with Gasteiger partial charge in [0.05, 0.1) is 12.2 Å². The van der Waals surface area contributed by atoms with Crippen LogP contribution in [-0.2, 0) is 17.5 Å². The van der Waals surface area contributed by atoms with Gasteiger partial charge in [0, 0.05) is 50.7 Å². The number of carbonyl (C=O) groups is 1. The van der Waals surface area contributed by atoms with E-state index in [-0.39, 0.29) is 0 Å². The number of aromatic nitrogens is 3. The summed E-state index contributed by atoms with van der Waals surface area (Å²) in [4.78, 5) is 36.2. The molecule has 1 aliphatic heterocycles. The van der Waals surface area contributed by atoms with E-state index in [0.29, 0.717) is 56.9 Å². The number of nitrogens with zero attached hydrogens (tertiary/aromatic N) is 5. The van der Waals surface area contributed by atoms with Gasteiger partial charge in [-0.25, -0.2) is 4.98 Å². The van der Waals surface area contributed by atoms with Crippen LogP contribution in [0.3, 0.4) is 0 Å². The van der Waals surface area contributed by atoms with Gasteiger partial charge in [-0.3, -0.25) is 9.59 Å². The number of ether oxygens (including phenoxy) is 1. The lowest BCUT2D eigenvalue weighted by Crippen LogP contribution is -2.50. The lowest BCUT2D eigenvalue weighted by atomic mass is 10.2. The second-order valence-electron chi connectivity index (χ2n) is 6.38. The SMILES string of the molecule is CCOc1ccnc(N2CCN(C(=O)Cn3cc(C(F)(F)F)ccc3=O)CC2)n1. The quantitative estimate of drug-likeness (QED) is 0.740. The van der Waals surface area contributed by atoms with Gasteiger partial charge in [0.1, 0.15) is 6.54 Å². The van der Waals surface area contributed by atoms with E-state index in [4.69, 9.17) is 4.74 Å². The Hall–Kier alpha value is -3.11. The van der Waals surface area contributed by atoms with Gasteiger partial charge in [-0.15, -0.1) is 0 Å². The van der Waals surface area contributed by atoms with E-state index in [1.807, 2.05) is 11.8 Å². The maximum atomic E-state index is 12.8. The van der Waals surface area contributed by atoms with Crippen LogP contribution in [0.4, 0.5) is 19.1 Å². The first-order chi connectivity index (χ1) is 13.8. The molecule has 1 aliphatic rings. The fourth-order valence-corrected chi connectivity index (χ4v) is 2.94. The van der Waals surface area contributed by atoms with Crippen LogP contribution in [-0.4, -0.2) is 58.1 Å². The molecule has 1 saturated heterocycles. The second kappa shape index (κ2) is 8.50. The van der Waals surface area contributed by atoms with E-state index in [2.05, 4.69) is 9.97 Å². The van der Waals surface area contributed by atoms with Crippen LogP contribution in [0, 0.1) is 0 Å². The van der Waals surface area contributed by atoms with Gasteiger partial charge in [0.15, 0.2) is 0 Å². The minimum atomic E-state index is -4.58. The van der Waals surface area contributed by atoms with Gasteiger partial charge in [0.25, 0.3) is 5.56 Å². The number of halogens is 3. The van der Waals surface area contributed by atoms with Gasteiger partial charge in [0.2, 0.25) is 17.7 Å². The number of hydrogen-bond acceptors (Lipinski definition) is 6. The summed E-state index contributed by atoms with van der Waals surface area (Å²) in [6.45, 7) is 3.48. The van der Waals surface area contributed by atoms with Crippen molar-refractivity contribution in [2.45, 2.75) is 19.6 Å². The number of alkyl halides is 3. The second-order valence-corrected chi connectivity index (χ2v) is 6.38. The summed E-state index contributed by atoms with van der Waals surface area (Å²) in [5.41, 5.74) is -1.63. The fraction of sp³-hybridized carbons (Fsp3) is 0.444. The first-order valence-electron chi connectivity index (χ1n) is 9.04. The number of pyridine rings is 1. The van der Waals surface area contributed by atoms with Gasteiger partial charge in [-0.1, -0.05) is 0 Å².